The minimum absolute atomic E-state index is 0.0602. The third-order valence-corrected chi connectivity index (χ3v) is 6.23. The normalized spacial score (nSPS) is 15.2. The molecule has 0 radical (unpaired) electrons. The molecule has 2 heterocycles. The number of carbonyl (C=O) groups is 2. The lowest BCUT2D eigenvalue weighted by Gasteiger charge is -2.34. The van der Waals surface area contributed by atoms with Gasteiger partial charge in [0.25, 0.3) is 5.91 Å². The summed E-state index contributed by atoms with van der Waals surface area (Å²) in [6, 6.07) is 7.25. The molecule has 1 fully saturated rings. The van der Waals surface area contributed by atoms with Crippen LogP contribution in [0.25, 0.3) is 0 Å². The fourth-order valence-corrected chi connectivity index (χ4v) is 4.36. The van der Waals surface area contributed by atoms with Gasteiger partial charge >= 0.3 is 0 Å². The van der Waals surface area contributed by atoms with Crippen LogP contribution >= 0.6 is 23.2 Å². The lowest BCUT2D eigenvalue weighted by Crippen LogP contribution is -2.49. The highest BCUT2D eigenvalue weighted by Gasteiger charge is 2.25. The van der Waals surface area contributed by atoms with Crippen molar-refractivity contribution in [3.8, 4) is 0 Å². The maximum Gasteiger partial charge on any atom is 0.253 e. The molecule has 0 N–H and O–H groups in total. The zero-order chi connectivity index (χ0) is 21.3. The Bertz CT molecular complexity index is 928. The van der Waals surface area contributed by atoms with E-state index in [0.717, 1.165) is 17.0 Å². The number of Topliss-reactive ketones (excluding diaryl/α,β-unsaturated/α-hetero) is 1. The van der Waals surface area contributed by atoms with Crippen molar-refractivity contribution >= 4 is 34.9 Å². The van der Waals surface area contributed by atoms with Crippen LogP contribution in [0, 0.1) is 13.8 Å². The number of piperazine rings is 1. The van der Waals surface area contributed by atoms with Crippen LogP contribution in [-0.4, -0.2) is 58.8 Å². The molecule has 2 aromatic rings. The van der Waals surface area contributed by atoms with E-state index in [0.29, 0.717) is 54.4 Å². The fraction of sp³-hybridized carbons (Fsp3) is 0.455. The highest BCUT2D eigenvalue weighted by Crippen LogP contribution is 2.24. The molecule has 0 saturated carbocycles. The van der Waals surface area contributed by atoms with E-state index >= 15 is 0 Å². The molecule has 0 aliphatic carbocycles. The third kappa shape index (κ3) is 4.68. The molecule has 0 spiro atoms. The van der Waals surface area contributed by atoms with Crippen molar-refractivity contribution < 1.29 is 9.59 Å². The molecule has 1 amide bonds. The summed E-state index contributed by atoms with van der Waals surface area (Å²) in [5, 5.41) is 0.809. The van der Waals surface area contributed by atoms with Gasteiger partial charge in [-0.2, -0.15) is 0 Å². The lowest BCUT2D eigenvalue weighted by atomic mass is 10.1. The standard InChI is InChI=1S/C22H27Cl2N3O2/c1-14(2)27-15(3)11-18(16(27)4)21(28)13-25-7-9-26(10-8-25)22(29)17-5-6-19(23)20(24)12-17/h5-6,11-12,14H,7-10,13H2,1-4H3. The molecule has 29 heavy (non-hydrogen) atoms. The predicted molar refractivity (Wildman–Crippen MR) is 117 cm³/mol. The summed E-state index contributed by atoms with van der Waals surface area (Å²) in [5.41, 5.74) is 3.46. The first kappa shape index (κ1) is 21.9. The minimum Gasteiger partial charge on any atom is -0.346 e. The van der Waals surface area contributed by atoms with Crippen LogP contribution in [0.2, 0.25) is 10.0 Å². The Hall–Kier alpha value is -1.82. The Morgan fingerprint density at radius 1 is 1.00 bits per heavy atom. The van der Waals surface area contributed by atoms with Crippen molar-refractivity contribution in [3.63, 3.8) is 0 Å². The van der Waals surface area contributed by atoms with Crippen molar-refractivity contribution in [2.75, 3.05) is 32.7 Å². The zero-order valence-electron chi connectivity index (χ0n) is 17.3. The number of hydrogen-bond donors (Lipinski definition) is 0. The molecule has 7 heteroatoms. The van der Waals surface area contributed by atoms with Crippen LogP contribution in [0.5, 0.6) is 0 Å². The number of rotatable bonds is 5. The number of nitrogens with zero attached hydrogens (tertiary/aromatic N) is 3. The van der Waals surface area contributed by atoms with Gasteiger partial charge in [0.15, 0.2) is 5.78 Å². The molecule has 3 rings (SSSR count). The summed E-state index contributed by atoms with van der Waals surface area (Å²) >= 11 is 12.0. The van der Waals surface area contributed by atoms with Crippen molar-refractivity contribution in [3.05, 3.63) is 56.8 Å². The topological polar surface area (TPSA) is 45.6 Å². The maximum absolute atomic E-state index is 12.9. The summed E-state index contributed by atoms with van der Waals surface area (Å²) in [7, 11) is 0. The van der Waals surface area contributed by atoms with Crippen LogP contribution in [0.1, 0.15) is 52.0 Å². The van der Waals surface area contributed by atoms with Crippen molar-refractivity contribution in [1.29, 1.82) is 0 Å². The van der Waals surface area contributed by atoms with Crippen molar-refractivity contribution in [2.45, 2.75) is 33.7 Å². The number of aromatic nitrogens is 1. The van der Waals surface area contributed by atoms with Gasteiger partial charge in [-0.25, -0.2) is 0 Å². The number of carbonyl (C=O) groups excluding carboxylic acids is 2. The predicted octanol–water partition coefficient (Wildman–Crippen LogP) is 4.63. The van der Waals surface area contributed by atoms with Gasteiger partial charge < -0.3 is 9.47 Å². The monoisotopic (exact) mass is 435 g/mol. The van der Waals surface area contributed by atoms with E-state index in [9.17, 15) is 9.59 Å². The van der Waals surface area contributed by atoms with Gasteiger partial charge in [0.2, 0.25) is 0 Å². The Morgan fingerprint density at radius 3 is 2.21 bits per heavy atom. The smallest absolute Gasteiger partial charge is 0.253 e. The van der Waals surface area contributed by atoms with Crippen molar-refractivity contribution in [2.24, 2.45) is 0 Å². The quantitative estimate of drug-likeness (QED) is 0.642. The fourth-order valence-electron chi connectivity index (χ4n) is 4.06. The molecule has 0 unspecified atom stereocenters. The number of hydrogen-bond acceptors (Lipinski definition) is 3. The zero-order valence-corrected chi connectivity index (χ0v) is 18.8. The van der Waals surface area contributed by atoms with E-state index in [4.69, 9.17) is 23.2 Å². The second-order valence-corrected chi connectivity index (χ2v) is 8.68. The summed E-state index contributed by atoms with van der Waals surface area (Å²) in [5.74, 6) is 0.0734. The molecular weight excluding hydrogens is 409 g/mol. The van der Waals surface area contributed by atoms with Gasteiger partial charge in [0.1, 0.15) is 0 Å². The average Bonchev–Trinajstić information content (AvgIpc) is 2.98. The van der Waals surface area contributed by atoms with Crippen LogP contribution in [0.3, 0.4) is 0 Å². The van der Waals surface area contributed by atoms with E-state index in [-0.39, 0.29) is 11.7 Å². The molecule has 1 aromatic heterocycles. The number of aryl methyl sites for hydroxylation is 1. The Kier molecular flexibility index (Phi) is 6.72. The first-order chi connectivity index (χ1) is 13.7. The Morgan fingerprint density at radius 2 is 1.66 bits per heavy atom. The number of halogens is 2. The van der Waals surface area contributed by atoms with E-state index < -0.39 is 0 Å². The van der Waals surface area contributed by atoms with Gasteiger partial charge in [-0.1, -0.05) is 23.2 Å². The molecule has 0 atom stereocenters. The first-order valence-electron chi connectivity index (χ1n) is 9.87. The molecule has 0 bridgehead atoms. The van der Waals surface area contributed by atoms with Crippen LogP contribution < -0.4 is 0 Å². The van der Waals surface area contributed by atoms with Crippen LogP contribution in [-0.2, 0) is 0 Å². The van der Waals surface area contributed by atoms with E-state index in [1.54, 1.807) is 23.1 Å². The summed E-state index contributed by atoms with van der Waals surface area (Å²) in [4.78, 5) is 29.5. The molecule has 1 saturated heterocycles. The molecular formula is C22H27Cl2N3O2. The molecule has 156 valence electrons. The largest absolute Gasteiger partial charge is 0.346 e. The van der Waals surface area contributed by atoms with Crippen LogP contribution in [0.4, 0.5) is 0 Å². The summed E-state index contributed by atoms with van der Waals surface area (Å²) in [6.45, 7) is 11.2. The highest BCUT2D eigenvalue weighted by atomic mass is 35.5. The lowest BCUT2D eigenvalue weighted by molar-refractivity contribution is 0.0624. The van der Waals surface area contributed by atoms with Gasteiger partial charge in [0.05, 0.1) is 16.6 Å². The van der Waals surface area contributed by atoms with Gasteiger partial charge in [0, 0.05) is 54.7 Å². The first-order valence-corrected chi connectivity index (χ1v) is 10.6. The van der Waals surface area contributed by atoms with E-state index in [1.165, 1.54) is 0 Å². The molecule has 1 aliphatic rings. The number of ketones is 1. The van der Waals surface area contributed by atoms with Gasteiger partial charge in [-0.3, -0.25) is 14.5 Å². The Balaban J connectivity index is 1.60. The SMILES string of the molecule is Cc1cc(C(=O)CN2CCN(C(=O)c3ccc(Cl)c(Cl)c3)CC2)c(C)n1C(C)C. The highest BCUT2D eigenvalue weighted by molar-refractivity contribution is 6.42. The maximum atomic E-state index is 12.9. The second-order valence-electron chi connectivity index (χ2n) is 7.87. The second kappa shape index (κ2) is 8.90. The van der Waals surface area contributed by atoms with Crippen molar-refractivity contribution in [1.82, 2.24) is 14.4 Å². The minimum atomic E-state index is -0.0602. The number of amides is 1. The van der Waals surface area contributed by atoms with E-state index in [2.05, 4.69) is 23.3 Å². The van der Waals surface area contributed by atoms with E-state index in [1.807, 2.05) is 19.9 Å². The van der Waals surface area contributed by atoms with Gasteiger partial charge in [-0.15, -0.1) is 0 Å². The summed E-state index contributed by atoms with van der Waals surface area (Å²) < 4.78 is 2.20. The third-order valence-electron chi connectivity index (χ3n) is 5.49. The molecule has 5 nitrogen and oxygen atoms in total. The number of benzene rings is 1. The van der Waals surface area contributed by atoms with Gasteiger partial charge in [-0.05, 0) is 52.0 Å². The molecule has 1 aromatic carbocycles. The summed E-state index contributed by atoms with van der Waals surface area (Å²) in [6.07, 6.45) is 0. The Labute approximate surface area is 182 Å². The van der Waals surface area contributed by atoms with Crippen LogP contribution in [0.15, 0.2) is 24.3 Å². The molecule has 1 aliphatic heterocycles. The average molecular weight is 436 g/mol.